The van der Waals surface area contributed by atoms with E-state index in [0.717, 1.165) is 37.2 Å². The van der Waals surface area contributed by atoms with Crippen LogP contribution in [-0.4, -0.2) is 37.9 Å². The number of piperidine rings is 1. The van der Waals surface area contributed by atoms with Gasteiger partial charge in [0.25, 0.3) is 5.56 Å². The van der Waals surface area contributed by atoms with E-state index in [-0.39, 0.29) is 17.3 Å². The predicted octanol–water partition coefficient (Wildman–Crippen LogP) is 2.75. The van der Waals surface area contributed by atoms with Crippen LogP contribution in [0.2, 0.25) is 0 Å². The van der Waals surface area contributed by atoms with Crippen LogP contribution in [0.3, 0.4) is 0 Å². The summed E-state index contributed by atoms with van der Waals surface area (Å²) in [6.45, 7) is 2.43. The first-order valence-electron chi connectivity index (χ1n) is 9.02. The lowest BCUT2D eigenvalue weighted by atomic mass is 9.94. The predicted molar refractivity (Wildman–Crippen MR) is 99.5 cm³/mol. The van der Waals surface area contributed by atoms with Crippen LogP contribution < -0.4 is 5.56 Å². The van der Waals surface area contributed by atoms with Gasteiger partial charge in [-0.3, -0.25) is 14.7 Å². The molecule has 2 aromatic heterocycles. The third-order valence-corrected chi connectivity index (χ3v) is 4.79. The van der Waals surface area contributed by atoms with Crippen LogP contribution in [0.25, 0.3) is 11.5 Å². The Morgan fingerprint density at radius 1 is 1.26 bits per heavy atom. The van der Waals surface area contributed by atoms with Gasteiger partial charge < -0.3 is 4.98 Å². The van der Waals surface area contributed by atoms with Crippen molar-refractivity contribution in [2.24, 2.45) is 0 Å². The van der Waals surface area contributed by atoms with Crippen LogP contribution in [0.4, 0.5) is 4.39 Å². The molecule has 138 valence electrons. The summed E-state index contributed by atoms with van der Waals surface area (Å²) in [4.78, 5) is 30.0. The summed E-state index contributed by atoms with van der Waals surface area (Å²) >= 11 is 0. The van der Waals surface area contributed by atoms with Gasteiger partial charge in [0.15, 0.2) is 5.82 Å². The van der Waals surface area contributed by atoms with E-state index in [0.29, 0.717) is 18.1 Å². The van der Waals surface area contributed by atoms with Crippen LogP contribution in [0.5, 0.6) is 0 Å². The van der Waals surface area contributed by atoms with Crippen molar-refractivity contribution < 1.29 is 4.39 Å². The molecule has 27 heavy (non-hydrogen) atoms. The van der Waals surface area contributed by atoms with Crippen molar-refractivity contribution in [1.29, 1.82) is 0 Å². The smallest absolute Gasteiger partial charge is 0.251 e. The molecule has 0 aliphatic carbocycles. The Labute approximate surface area is 156 Å². The molecule has 6 nitrogen and oxygen atoms in total. The van der Waals surface area contributed by atoms with E-state index in [1.165, 1.54) is 6.07 Å². The minimum atomic E-state index is -0.217. The molecule has 0 spiro atoms. The van der Waals surface area contributed by atoms with Crippen molar-refractivity contribution >= 4 is 0 Å². The molecule has 0 radical (unpaired) electrons. The van der Waals surface area contributed by atoms with Crippen molar-refractivity contribution in [2.75, 3.05) is 13.1 Å². The summed E-state index contributed by atoms with van der Waals surface area (Å²) < 4.78 is 13.4. The molecule has 1 aliphatic rings. The number of H-pyrrole nitrogens is 1. The van der Waals surface area contributed by atoms with Gasteiger partial charge in [-0.15, -0.1) is 0 Å². The van der Waals surface area contributed by atoms with Gasteiger partial charge in [0.05, 0.1) is 11.9 Å². The highest BCUT2D eigenvalue weighted by molar-refractivity contribution is 5.46. The molecule has 1 aliphatic heterocycles. The number of aromatic amines is 1. The van der Waals surface area contributed by atoms with Crippen molar-refractivity contribution in [2.45, 2.75) is 25.3 Å². The van der Waals surface area contributed by atoms with Crippen LogP contribution in [-0.2, 0) is 6.54 Å². The van der Waals surface area contributed by atoms with Gasteiger partial charge in [0, 0.05) is 37.5 Å². The summed E-state index contributed by atoms with van der Waals surface area (Å²) in [7, 11) is 0. The Kier molecular flexibility index (Phi) is 5.02. The molecule has 7 heteroatoms. The van der Waals surface area contributed by atoms with Crippen LogP contribution in [0.15, 0.2) is 53.7 Å². The SMILES string of the molecule is O=c1cc(C2CCCN(Cc3cccc(F)c3)C2)nc(-c2cnccn2)[nH]1. The minimum Gasteiger partial charge on any atom is -0.305 e. The molecule has 1 atom stereocenters. The van der Waals surface area contributed by atoms with Crippen LogP contribution in [0, 0.1) is 5.82 Å². The van der Waals surface area contributed by atoms with Crippen LogP contribution in [0.1, 0.15) is 30.0 Å². The molecule has 3 aromatic rings. The summed E-state index contributed by atoms with van der Waals surface area (Å²) in [5.41, 5.74) is 2.07. The van der Waals surface area contributed by atoms with Crippen molar-refractivity contribution in [1.82, 2.24) is 24.8 Å². The van der Waals surface area contributed by atoms with E-state index in [9.17, 15) is 9.18 Å². The number of nitrogens with zero attached hydrogens (tertiary/aromatic N) is 4. The number of halogens is 1. The first-order valence-corrected chi connectivity index (χ1v) is 9.02. The lowest BCUT2D eigenvalue weighted by molar-refractivity contribution is 0.198. The Morgan fingerprint density at radius 3 is 3.00 bits per heavy atom. The number of aromatic nitrogens is 4. The Bertz CT molecular complexity index is 975. The molecule has 1 N–H and O–H groups in total. The first kappa shape index (κ1) is 17.5. The van der Waals surface area contributed by atoms with Crippen molar-refractivity contribution in [3.05, 3.63) is 76.4 Å². The summed E-state index contributed by atoms with van der Waals surface area (Å²) in [6, 6.07) is 8.26. The fraction of sp³-hybridized carbons (Fsp3) is 0.300. The molecule has 4 rings (SSSR count). The average Bonchev–Trinajstić information content (AvgIpc) is 2.68. The summed E-state index contributed by atoms with van der Waals surface area (Å²) in [5, 5.41) is 0. The normalized spacial score (nSPS) is 17.7. The topological polar surface area (TPSA) is 74.8 Å². The second-order valence-electron chi connectivity index (χ2n) is 6.81. The largest absolute Gasteiger partial charge is 0.305 e. The Morgan fingerprint density at radius 2 is 2.19 bits per heavy atom. The summed E-state index contributed by atoms with van der Waals surface area (Å²) in [5.74, 6) is 0.379. The maximum Gasteiger partial charge on any atom is 0.251 e. The van der Waals surface area contributed by atoms with Gasteiger partial charge in [-0.25, -0.2) is 14.4 Å². The Balaban J connectivity index is 1.54. The monoisotopic (exact) mass is 365 g/mol. The summed E-state index contributed by atoms with van der Waals surface area (Å²) in [6.07, 6.45) is 6.71. The first-order chi connectivity index (χ1) is 13.2. The molecular formula is C20H20FN5O. The number of nitrogens with one attached hydrogen (secondary N) is 1. The quantitative estimate of drug-likeness (QED) is 0.769. The maximum absolute atomic E-state index is 13.4. The van der Waals surface area contributed by atoms with E-state index in [4.69, 9.17) is 0 Å². The number of likely N-dealkylation sites (tertiary alicyclic amines) is 1. The number of benzene rings is 1. The fourth-order valence-electron chi connectivity index (χ4n) is 3.56. The third kappa shape index (κ3) is 4.25. The highest BCUT2D eigenvalue weighted by Crippen LogP contribution is 2.26. The zero-order chi connectivity index (χ0) is 18.6. The average molecular weight is 365 g/mol. The van der Waals surface area contributed by atoms with Crippen LogP contribution >= 0.6 is 0 Å². The maximum atomic E-state index is 13.4. The van der Waals surface area contributed by atoms with Gasteiger partial charge in [0.2, 0.25) is 0 Å². The number of hydrogen-bond donors (Lipinski definition) is 1. The van der Waals surface area contributed by atoms with Gasteiger partial charge in [-0.2, -0.15) is 0 Å². The zero-order valence-electron chi connectivity index (χ0n) is 14.8. The molecule has 1 fully saturated rings. The van der Waals surface area contributed by atoms with Crippen molar-refractivity contribution in [3.63, 3.8) is 0 Å². The van der Waals surface area contributed by atoms with Crippen molar-refractivity contribution in [3.8, 4) is 11.5 Å². The third-order valence-electron chi connectivity index (χ3n) is 4.79. The molecule has 0 amide bonds. The molecule has 1 unspecified atom stereocenters. The molecule has 1 saturated heterocycles. The van der Waals surface area contributed by atoms with Gasteiger partial charge in [-0.1, -0.05) is 12.1 Å². The molecule has 0 bridgehead atoms. The van der Waals surface area contributed by atoms with Gasteiger partial charge in [0.1, 0.15) is 11.5 Å². The minimum absolute atomic E-state index is 0.157. The van der Waals surface area contributed by atoms with Gasteiger partial charge >= 0.3 is 0 Å². The Hall–Kier alpha value is -2.93. The van der Waals surface area contributed by atoms with E-state index < -0.39 is 0 Å². The van der Waals surface area contributed by atoms with E-state index in [1.54, 1.807) is 36.8 Å². The molecule has 0 saturated carbocycles. The molecule has 1 aromatic carbocycles. The second-order valence-corrected chi connectivity index (χ2v) is 6.81. The van der Waals surface area contributed by atoms with E-state index in [1.807, 2.05) is 6.07 Å². The highest BCUT2D eigenvalue weighted by atomic mass is 19.1. The standard InChI is InChI=1S/C20H20FN5O/c21-16-5-1-3-14(9-16)12-26-8-2-4-15(13-26)17-10-19(27)25-20(24-17)18-11-22-6-7-23-18/h1,3,5-7,9-11,15H,2,4,8,12-13H2,(H,24,25,27). The zero-order valence-corrected chi connectivity index (χ0v) is 14.8. The number of rotatable bonds is 4. The second kappa shape index (κ2) is 7.75. The van der Waals surface area contributed by atoms with E-state index in [2.05, 4.69) is 24.8 Å². The lowest BCUT2D eigenvalue weighted by Crippen LogP contribution is -2.34. The van der Waals surface area contributed by atoms with E-state index >= 15 is 0 Å². The van der Waals surface area contributed by atoms with Gasteiger partial charge in [-0.05, 0) is 37.1 Å². The lowest BCUT2D eigenvalue weighted by Gasteiger charge is -2.32. The molecule has 3 heterocycles. The fourth-order valence-corrected chi connectivity index (χ4v) is 3.56. The number of hydrogen-bond acceptors (Lipinski definition) is 5. The highest BCUT2D eigenvalue weighted by Gasteiger charge is 2.23. The molecular weight excluding hydrogens is 345 g/mol.